The van der Waals surface area contributed by atoms with Gasteiger partial charge in [0, 0.05) is 23.5 Å². The van der Waals surface area contributed by atoms with Crippen molar-refractivity contribution in [2.75, 3.05) is 0 Å². The Morgan fingerprint density at radius 3 is 2.62 bits per heavy atom. The largest absolute Gasteiger partial charge is 0.480 e. The van der Waals surface area contributed by atoms with Crippen LogP contribution in [0.25, 0.3) is 10.9 Å². The van der Waals surface area contributed by atoms with Crippen molar-refractivity contribution in [1.29, 1.82) is 0 Å². The van der Waals surface area contributed by atoms with E-state index in [0.717, 1.165) is 28.6 Å². The molecule has 0 radical (unpaired) electrons. The molecule has 7 heteroatoms. The van der Waals surface area contributed by atoms with Gasteiger partial charge in [0.2, 0.25) is 5.91 Å². The standard InChI is InChI=1S/C19H16F2N2O3/c20-14-6-5-11(7-15(14)21)8-18(24)23-17(19(25)26)9-12-10-22-16-4-2-1-3-13(12)16/h1-7,10,17,22H,8-9H2,(H,23,24)(H,25,26)/t17-/m1/s1. The van der Waals surface area contributed by atoms with Crippen molar-refractivity contribution in [2.45, 2.75) is 18.9 Å². The Morgan fingerprint density at radius 1 is 1.12 bits per heavy atom. The monoisotopic (exact) mass is 358 g/mol. The molecule has 3 aromatic rings. The van der Waals surface area contributed by atoms with Gasteiger partial charge >= 0.3 is 5.97 Å². The number of para-hydroxylation sites is 1. The number of amides is 1. The predicted octanol–water partition coefficient (Wildman–Crippen LogP) is 2.80. The van der Waals surface area contributed by atoms with Crippen LogP contribution in [0.15, 0.2) is 48.7 Å². The van der Waals surface area contributed by atoms with Gasteiger partial charge in [-0.05, 0) is 29.3 Å². The number of carboxylic acid groups (broad SMARTS) is 1. The molecular formula is C19H16F2N2O3. The van der Waals surface area contributed by atoms with E-state index >= 15 is 0 Å². The molecule has 1 amide bonds. The number of carboxylic acids is 1. The maximum atomic E-state index is 13.2. The molecule has 0 saturated heterocycles. The third kappa shape index (κ3) is 3.88. The molecule has 1 aromatic heterocycles. The van der Waals surface area contributed by atoms with Crippen LogP contribution in [0.2, 0.25) is 0 Å². The Hall–Kier alpha value is -3.22. The van der Waals surface area contributed by atoms with Crippen molar-refractivity contribution in [3.05, 3.63) is 71.4 Å². The van der Waals surface area contributed by atoms with Crippen LogP contribution < -0.4 is 5.32 Å². The number of fused-ring (bicyclic) bond motifs is 1. The molecule has 0 unspecified atom stereocenters. The number of carbonyl (C=O) groups excluding carboxylic acids is 1. The smallest absolute Gasteiger partial charge is 0.326 e. The number of benzene rings is 2. The van der Waals surface area contributed by atoms with Gasteiger partial charge in [-0.2, -0.15) is 0 Å². The molecule has 0 aliphatic rings. The lowest BCUT2D eigenvalue weighted by Gasteiger charge is -2.14. The third-order valence-corrected chi connectivity index (χ3v) is 4.08. The first-order valence-electron chi connectivity index (χ1n) is 7.95. The second-order valence-corrected chi connectivity index (χ2v) is 5.95. The number of hydrogen-bond acceptors (Lipinski definition) is 2. The highest BCUT2D eigenvalue weighted by atomic mass is 19.2. The van der Waals surface area contributed by atoms with Crippen LogP contribution in [-0.2, 0) is 22.4 Å². The van der Waals surface area contributed by atoms with E-state index in [1.54, 1.807) is 6.20 Å². The van der Waals surface area contributed by atoms with Crippen molar-refractivity contribution in [1.82, 2.24) is 10.3 Å². The molecule has 0 aliphatic carbocycles. The molecule has 1 heterocycles. The Labute approximate surface area is 147 Å². The van der Waals surface area contributed by atoms with Crippen molar-refractivity contribution in [2.24, 2.45) is 0 Å². The average Bonchev–Trinajstić information content (AvgIpc) is 3.01. The Balaban J connectivity index is 1.71. The van der Waals surface area contributed by atoms with Gasteiger partial charge in [0.1, 0.15) is 6.04 Å². The van der Waals surface area contributed by atoms with Gasteiger partial charge in [0.25, 0.3) is 0 Å². The van der Waals surface area contributed by atoms with Crippen LogP contribution in [0.5, 0.6) is 0 Å². The maximum Gasteiger partial charge on any atom is 0.326 e. The first-order chi connectivity index (χ1) is 12.4. The molecule has 5 nitrogen and oxygen atoms in total. The number of rotatable bonds is 6. The van der Waals surface area contributed by atoms with Crippen LogP contribution in [0.3, 0.4) is 0 Å². The molecule has 134 valence electrons. The third-order valence-electron chi connectivity index (χ3n) is 4.08. The number of nitrogens with one attached hydrogen (secondary N) is 2. The molecule has 3 N–H and O–H groups in total. The van der Waals surface area contributed by atoms with E-state index in [-0.39, 0.29) is 18.4 Å². The van der Waals surface area contributed by atoms with Crippen molar-refractivity contribution >= 4 is 22.8 Å². The summed E-state index contributed by atoms with van der Waals surface area (Å²) in [5.74, 6) is -3.81. The molecule has 1 atom stereocenters. The van der Waals surface area contributed by atoms with Crippen molar-refractivity contribution in [3.8, 4) is 0 Å². The van der Waals surface area contributed by atoms with Gasteiger partial charge in [0.05, 0.1) is 6.42 Å². The summed E-state index contributed by atoms with van der Waals surface area (Å²) in [5.41, 5.74) is 1.90. The fourth-order valence-electron chi connectivity index (χ4n) is 2.80. The van der Waals surface area contributed by atoms with Gasteiger partial charge in [-0.3, -0.25) is 4.79 Å². The summed E-state index contributed by atoms with van der Waals surface area (Å²) < 4.78 is 26.2. The van der Waals surface area contributed by atoms with Crippen LogP contribution >= 0.6 is 0 Å². The summed E-state index contributed by atoms with van der Waals surface area (Å²) in [6.45, 7) is 0. The van der Waals surface area contributed by atoms with E-state index in [2.05, 4.69) is 10.3 Å². The SMILES string of the molecule is O=C(Cc1ccc(F)c(F)c1)N[C@H](Cc1c[nH]c2ccccc12)C(=O)O. The summed E-state index contributed by atoms with van der Waals surface area (Å²) in [6, 6.07) is 9.44. The molecular weight excluding hydrogens is 342 g/mol. The van der Waals surface area contributed by atoms with E-state index in [1.807, 2.05) is 24.3 Å². The van der Waals surface area contributed by atoms with Crippen molar-refractivity contribution in [3.63, 3.8) is 0 Å². The summed E-state index contributed by atoms with van der Waals surface area (Å²) in [4.78, 5) is 26.7. The average molecular weight is 358 g/mol. The highest BCUT2D eigenvalue weighted by Crippen LogP contribution is 2.19. The van der Waals surface area contributed by atoms with Crippen molar-refractivity contribution < 1.29 is 23.5 Å². The topological polar surface area (TPSA) is 82.2 Å². The molecule has 0 spiro atoms. The van der Waals surface area contributed by atoms with E-state index in [9.17, 15) is 23.5 Å². The lowest BCUT2D eigenvalue weighted by atomic mass is 10.0. The highest BCUT2D eigenvalue weighted by Gasteiger charge is 2.22. The molecule has 26 heavy (non-hydrogen) atoms. The summed E-state index contributed by atoms with van der Waals surface area (Å²) in [5, 5.41) is 12.7. The Kier molecular flexibility index (Phi) is 4.97. The van der Waals surface area contributed by atoms with E-state index in [0.29, 0.717) is 0 Å². The second-order valence-electron chi connectivity index (χ2n) is 5.95. The number of hydrogen-bond donors (Lipinski definition) is 3. The molecule has 2 aromatic carbocycles. The minimum Gasteiger partial charge on any atom is -0.480 e. The zero-order valence-electron chi connectivity index (χ0n) is 13.6. The van der Waals surface area contributed by atoms with Gasteiger partial charge in [-0.1, -0.05) is 24.3 Å². The number of aromatic amines is 1. The van der Waals surface area contributed by atoms with Gasteiger partial charge in [-0.15, -0.1) is 0 Å². The summed E-state index contributed by atoms with van der Waals surface area (Å²) >= 11 is 0. The molecule has 0 saturated carbocycles. The summed E-state index contributed by atoms with van der Waals surface area (Å²) in [7, 11) is 0. The molecule has 0 bridgehead atoms. The van der Waals surface area contributed by atoms with Gasteiger partial charge in [0.15, 0.2) is 11.6 Å². The lowest BCUT2D eigenvalue weighted by molar-refractivity contribution is -0.141. The fourth-order valence-corrected chi connectivity index (χ4v) is 2.80. The van der Waals surface area contributed by atoms with Crippen LogP contribution in [0.4, 0.5) is 8.78 Å². The fraction of sp³-hybridized carbons (Fsp3) is 0.158. The second kappa shape index (κ2) is 7.35. The van der Waals surface area contributed by atoms with Crippen LogP contribution in [0.1, 0.15) is 11.1 Å². The number of carbonyl (C=O) groups is 2. The zero-order valence-corrected chi connectivity index (χ0v) is 13.6. The molecule has 3 rings (SSSR count). The minimum absolute atomic E-state index is 0.100. The minimum atomic E-state index is -1.17. The lowest BCUT2D eigenvalue weighted by Crippen LogP contribution is -2.43. The van der Waals surface area contributed by atoms with E-state index in [4.69, 9.17) is 0 Å². The maximum absolute atomic E-state index is 13.2. The number of H-pyrrole nitrogens is 1. The Bertz CT molecular complexity index is 968. The predicted molar refractivity (Wildman–Crippen MR) is 91.6 cm³/mol. The van der Waals surface area contributed by atoms with E-state index in [1.165, 1.54) is 6.07 Å². The number of aromatic nitrogens is 1. The number of aliphatic carboxylic acids is 1. The zero-order chi connectivity index (χ0) is 18.7. The van der Waals surface area contributed by atoms with Crippen LogP contribution in [-0.4, -0.2) is 28.0 Å². The molecule has 0 fully saturated rings. The van der Waals surface area contributed by atoms with Gasteiger partial charge < -0.3 is 15.4 Å². The first-order valence-corrected chi connectivity index (χ1v) is 7.95. The normalized spacial score (nSPS) is 12.1. The van der Waals surface area contributed by atoms with Crippen LogP contribution in [0, 0.1) is 11.6 Å². The highest BCUT2D eigenvalue weighted by molar-refractivity contribution is 5.87. The van der Waals surface area contributed by atoms with E-state index < -0.39 is 29.6 Å². The quantitative estimate of drug-likeness (QED) is 0.634. The Morgan fingerprint density at radius 2 is 1.88 bits per heavy atom. The molecule has 0 aliphatic heterocycles. The first kappa shape index (κ1) is 17.6. The summed E-state index contributed by atoms with van der Waals surface area (Å²) in [6.07, 6.45) is 1.57. The number of halogens is 2. The van der Waals surface area contributed by atoms with Gasteiger partial charge in [-0.25, -0.2) is 13.6 Å².